The Morgan fingerprint density at radius 2 is 2.14 bits per heavy atom. The van der Waals surface area contributed by atoms with Crippen LogP contribution in [0.4, 0.5) is 11.4 Å². The first-order valence-electron chi connectivity index (χ1n) is 6.58. The Bertz CT molecular complexity index is 601. The molecule has 1 aromatic rings. The van der Waals surface area contributed by atoms with E-state index in [-0.39, 0.29) is 23.1 Å². The SMILES string of the molecule is COC(=O)C1CCN(c2ccc([N+](=O)[O-])c(C#N)c2)CC1. The summed E-state index contributed by atoms with van der Waals surface area (Å²) in [7, 11) is 1.38. The zero-order valence-electron chi connectivity index (χ0n) is 11.6. The second-order valence-corrected chi connectivity index (χ2v) is 4.85. The average Bonchev–Trinajstić information content (AvgIpc) is 2.53. The summed E-state index contributed by atoms with van der Waals surface area (Å²) in [5.74, 6) is -0.296. The smallest absolute Gasteiger partial charge is 0.308 e. The first kappa shape index (κ1) is 14.8. The number of esters is 1. The molecule has 2 rings (SSSR count). The number of rotatable bonds is 3. The number of hydrogen-bond acceptors (Lipinski definition) is 6. The topological polar surface area (TPSA) is 96.5 Å². The highest BCUT2D eigenvalue weighted by atomic mass is 16.6. The molecule has 0 aromatic heterocycles. The van der Waals surface area contributed by atoms with Gasteiger partial charge in [0.1, 0.15) is 11.6 Å². The molecule has 1 aromatic carbocycles. The number of benzene rings is 1. The molecular weight excluding hydrogens is 274 g/mol. The van der Waals surface area contributed by atoms with E-state index < -0.39 is 4.92 Å². The summed E-state index contributed by atoms with van der Waals surface area (Å²) < 4.78 is 4.73. The number of nitriles is 1. The fourth-order valence-corrected chi connectivity index (χ4v) is 2.51. The molecule has 21 heavy (non-hydrogen) atoms. The van der Waals surface area contributed by atoms with Gasteiger partial charge in [0.25, 0.3) is 5.69 Å². The van der Waals surface area contributed by atoms with Gasteiger partial charge in [-0.05, 0) is 25.0 Å². The van der Waals surface area contributed by atoms with E-state index in [0.717, 1.165) is 5.69 Å². The van der Waals surface area contributed by atoms with E-state index >= 15 is 0 Å². The molecule has 0 atom stereocenters. The maximum absolute atomic E-state index is 11.5. The maximum Gasteiger partial charge on any atom is 0.308 e. The van der Waals surface area contributed by atoms with Gasteiger partial charge in [-0.2, -0.15) is 5.26 Å². The van der Waals surface area contributed by atoms with E-state index in [1.165, 1.54) is 19.2 Å². The Morgan fingerprint density at radius 1 is 1.48 bits per heavy atom. The fourth-order valence-electron chi connectivity index (χ4n) is 2.51. The molecule has 0 N–H and O–H groups in total. The molecule has 7 nitrogen and oxygen atoms in total. The number of carbonyl (C=O) groups is 1. The molecule has 1 aliphatic rings. The van der Waals surface area contributed by atoms with Crippen molar-refractivity contribution in [3.8, 4) is 6.07 Å². The normalized spacial score (nSPS) is 15.3. The van der Waals surface area contributed by atoms with E-state index in [0.29, 0.717) is 25.9 Å². The van der Waals surface area contributed by atoms with Gasteiger partial charge in [0.2, 0.25) is 0 Å². The Kier molecular flexibility index (Phi) is 4.38. The Balaban J connectivity index is 2.12. The van der Waals surface area contributed by atoms with E-state index in [9.17, 15) is 14.9 Å². The number of anilines is 1. The molecule has 110 valence electrons. The fraction of sp³-hybridized carbons (Fsp3) is 0.429. The highest BCUT2D eigenvalue weighted by Gasteiger charge is 2.26. The van der Waals surface area contributed by atoms with Crippen LogP contribution in [0.5, 0.6) is 0 Å². The van der Waals surface area contributed by atoms with E-state index in [2.05, 4.69) is 0 Å². The number of nitrogens with zero attached hydrogens (tertiary/aromatic N) is 3. The number of nitro groups is 1. The first-order chi connectivity index (χ1) is 10.1. The third-order valence-corrected chi connectivity index (χ3v) is 3.69. The van der Waals surface area contributed by atoms with Gasteiger partial charge in [0, 0.05) is 24.8 Å². The van der Waals surface area contributed by atoms with Crippen LogP contribution in [0.1, 0.15) is 18.4 Å². The van der Waals surface area contributed by atoms with Gasteiger partial charge < -0.3 is 9.64 Å². The third-order valence-electron chi connectivity index (χ3n) is 3.69. The molecule has 0 aliphatic carbocycles. The van der Waals surface area contributed by atoms with Gasteiger partial charge in [0.15, 0.2) is 0 Å². The van der Waals surface area contributed by atoms with Crippen LogP contribution in [0, 0.1) is 27.4 Å². The average molecular weight is 289 g/mol. The number of piperidine rings is 1. The van der Waals surface area contributed by atoms with Crippen molar-refractivity contribution in [2.45, 2.75) is 12.8 Å². The molecule has 0 unspecified atom stereocenters. The molecule has 1 fully saturated rings. The van der Waals surface area contributed by atoms with Gasteiger partial charge in [-0.15, -0.1) is 0 Å². The van der Waals surface area contributed by atoms with Crippen LogP contribution < -0.4 is 4.90 Å². The van der Waals surface area contributed by atoms with Gasteiger partial charge in [0.05, 0.1) is 18.0 Å². The Hall–Kier alpha value is -2.62. The molecule has 0 spiro atoms. The van der Waals surface area contributed by atoms with E-state index in [4.69, 9.17) is 10.00 Å². The van der Waals surface area contributed by atoms with Crippen LogP contribution in [-0.2, 0) is 9.53 Å². The number of hydrogen-bond donors (Lipinski definition) is 0. The summed E-state index contributed by atoms with van der Waals surface area (Å²) in [5, 5.41) is 19.8. The minimum Gasteiger partial charge on any atom is -0.469 e. The van der Waals surface area contributed by atoms with E-state index in [1.807, 2.05) is 11.0 Å². The number of methoxy groups -OCH3 is 1. The third kappa shape index (κ3) is 3.11. The van der Waals surface area contributed by atoms with Crippen LogP contribution >= 0.6 is 0 Å². The molecule has 1 heterocycles. The molecule has 0 radical (unpaired) electrons. The second kappa shape index (κ2) is 6.22. The van der Waals surface area contributed by atoms with Crippen molar-refractivity contribution in [1.82, 2.24) is 0 Å². The zero-order valence-corrected chi connectivity index (χ0v) is 11.6. The summed E-state index contributed by atoms with van der Waals surface area (Å²) in [6.07, 6.45) is 1.34. The lowest BCUT2D eigenvalue weighted by Gasteiger charge is -2.32. The quantitative estimate of drug-likeness (QED) is 0.478. The molecule has 7 heteroatoms. The van der Waals surface area contributed by atoms with Crippen LogP contribution in [-0.4, -0.2) is 31.1 Å². The number of nitro benzene ring substituents is 1. The van der Waals surface area contributed by atoms with Crippen LogP contribution in [0.3, 0.4) is 0 Å². The lowest BCUT2D eigenvalue weighted by molar-refractivity contribution is -0.385. The summed E-state index contributed by atoms with van der Waals surface area (Å²) >= 11 is 0. The zero-order chi connectivity index (χ0) is 15.4. The van der Waals surface area contributed by atoms with Crippen molar-refractivity contribution < 1.29 is 14.5 Å². The van der Waals surface area contributed by atoms with Crippen molar-refractivity contribution in [1.29, 1.82) is 5.26 Å². The van der Waals surface area contributed by atoms with Gasteiger partial charge in [-0.25, -0.2) is 0 Å². The summed E-state index contributed by atoms with van der Waals surface area (Å²) in [5.41, 5.74) is 0.624. The van der Waals surface area contributed by atoms with Crippen molar-refractivity contribution in [2.75, 3.05) is 25.1 Å². The highest BCUT2D eigenvalue weighted by molar-refractivity contribution is 5.72. The van der Waals surface area contributed by atoms with Gasteiger partial charge in [-0.3, -0.25) is 14.9 Å². The van der Waals surface area contributed by atoms with E-state index in [1.54, 1.807) is 6.07 Å². The standard InChI is InChI=1S/C14H15N3O4/c1-21-14(18)10-4-6-16(7-5-10)12-2-3-13(17(19)20)11(8-12)9-15/h2-3,8,10H,4-7H2,1H3. The van der Waals surface area contributed by atoms with Crippen molar-refractivity contribution in [3.63, 3.8) is 0 Å². The second-order valence-electron chi connectivity index (χ2n) is 4.85. The van der Waals surface area contributed by atoms with Crippen molar-refractivity contribution in [3.05, 3.63) is 33.9 Å². The maximum atomic E-state index is 11.5. The van der Waals surface area contributed by atoms with Crippen LogP contribution in [0.15, 0.2) is 18.2 Å². The highest BCUT2D eigenvalue weighted by Crippen LogP contribution is 2.28. The molecule has 0 bridgehead atoms. The molecular formula is C14H15N3O4. The lowest BCUT2D eigenvalue weighted by atomic mass is 9.96. The van der Waals surface area contributed by atoms with Gasteiger partial charge in [-0.1, -0.05) is 0 Å². The Labute approximate surface area is 121 Å². The lowest BCUT2D eigenvalue weighted by Crippen LogP contribution is -2.36. The minimum atomic E-state index is -0.564. The summed E-state index contributed by atoms with van der Waals surface area (Å²) in [6, 6.07) is 6.36. The summed E-state index contributed by atoms with van der Waals surface area (Å²) in [6.45, 7) is 1.31. The predicted molar refractivity (Wildman–Crippen MR) is 74.8 cm³/mol. The molecule has 1 aliphatic heterocycles. The molecule has 1 saturated heterocycles. The number of ether oxygens (including phenoxy) is 1. The van der Waals surface area contributed by atoms with Crippen molar-refractivity contribution in [2.24, 2.45) is 5.92 Å². The summed E-state index contributed by atoms with van der Waals surface area (Å²) in [4.78, 5) is 23.7. The minimum absolute atomic E-state index is 0.0487. The number of carbonyl (C=O) groups excluding carboxylic acids is 1. The Morgan fingerprint density at radius 3 is 2.67 bits per heavy atom. The monoisotopic (exact) mass is 289 g/mol. The predicted octanol–water partition coefficient (Wildman–Crippen LogP) is 1.86. The first-order valence-corrected chi connectivity index (χ1v) is 6.58. The van der Waals surface area contributed by atoms with Crippen molar-refractivity contribution >= 4 is 17.3 Å². The molecule has 0 amide bonds. The van der Waals surface area contributed by atoms with Crippen LogP contribution in [0.25, 0.3) is 0 Å². The van der Waals surface area contributed by atoms with Gasteiger partial charge >= 0.3 is 5.97 Å². The largest absolute Gasteiger partial charge is 0.469 e. The molecule has 0 saturated carbocycles. The van der Waals surface area contributed by atoms with Crippen LogP contribution in [0.2, 0.25) is 0 Å².